The van der Waals surface area contributed by atoms with Crippen LogP contribution in [0.15, 0.2) is 46.9 Å². The molecule has 0 spiro atoms. The topological polar surface area (TPSA) is 31.6 Å². The first kappa shape index (κ1) is 13.9. The molecule has 4 rings (SSSR count). The molecule has 112 valence electrons. The predicted molar refractivity (Wildman–Crippen MR) is 89.4 cm³/mol. The van der Waals surface area contributed by atoms with Gasteiger partial charge in [-0.15, -0.1) is 0 Å². The van der Waals surface area contributed by atoms with Crippen molar-refractivity contribution >= 4 is 34.5 Å². The molecule has 0 unspecified atom stereocenters. The molecule has 0 saturated carbocycles. The van der Waals surface area contributed by atoms with Gasteiger partial charge in [0, 0.05) is 10.8 Å². The second kappa shape index (κ2) is 4.37. The highest BCUT2D eigenvalue weighted by atomic mass is 16.7. The van der Waals surface area contributed by atoms with E-state index in [2.05, 4.69) is 39.8 Å². The third kappa shape index (κ3) is 1.91. The molecule has 3 nitrogen and oxygen atoms in total. The lowest BCUT2D eigenvalue weighted by Crippen LogP contribution is -2.41. The van der Waals surface area contributed by atoms with Crippen molar-refractivity contribution in [2.24, 2.45) is 0 Å². The maximum atomic E-state index is 6.13. The van der Waals surface area contributed by atoms with Crippen LogP contribution in [0.2, 0.25) is 0 Å². The minimum absolute atomic E-state index is 0.328. The van der Waals surface area contributed by atoms with Gasteiger partial charge in [0.15, 0.2) is 0 Å². The highest BCUT2D eigenvalue weighted by molar-refractivity contribution is 6.62. The van der Waals surface area contributed by atoms with Crippen LogP contribution in [0.5, 0.6) is 0 Å². The van der Waals surface area contributed by atoms with Crippen LogP contribution in [0.3, 0.4) is 0 Å². The van der Waals surface area contributed by atoms with Crippen molar-refractivity contribution in [2.75, 3.05) is 0 Å². The number of furan rings is 1. The van der Waals surface area contributed by atoms with Gasteiger partial charge in [-0.1, -0.05) is 30.3 Å². The first-order valence-corrected chi connectivity index (χ1v) is 7.64. The van der Waals surface area contributed by atoms with Gasteiger partial charge in [0.25, 0.3) is 0 Å². The minimum atomic E-state index is -0.344. The van der Waals surface area contributed by atoms with E-state index in [1.54, 1.807) is 0 Å². The van der Waals surface area contributed by atoms with E-state index in [1.165, 1.54) is 0 Å². The van der Waals surface area contributed by atoms with Crippen molar-refractivity contribution in [3.05, 3.63) is 42.5 Å². The molecule has 0 N–H and O–H groups in total. The zero-order chi connectivity index (χ0) is 15.5. The predicted octanol–water partition coefficient (Wildman–Crippen LogP) is 3.89. The third-order valence-electron chi connectivity index (χ3n) is 4.93. The lowest BCUT2D eigenvalue weighted by Gasteiger charge is -2.32. The summed E-state index contributed by atoms with van der Waals surface area (Å²) in [4.78, 5) is 0. The van der Waals surface area contributed by atoms with Gasteiger partial charge in [0.05, 0.1) is 11.2 Å². The molecule has 4 heteroatoms. The average Bonchev–Trinajstić information content (AvgIpc) is 2.93. The lowest BCUT2D eigenvalue weighted by atomic mass is 9.78. The van der Waals surface area contributed by atoms with Crippen LogP contribution in [0.4, 0.5) is 0 Å². The summed E-state index contributed by atoms with van der Waals surface area (Å²) in [6.45, 7) is 8.27. The fourth-order valence-corrected chi connectivity index (χ4v) is 2.87. The summed E-state index contributed by atoms with van der Waals surface area (Å²) >= 11 is 0. The first-order valence-electron chi connectivity index (χ1n) is 7.64. The number of hydrogen-bond donors (Lipinski definition) is 0. The third-order valence-corrected chi connectivity index (χ3v) is 4.93. The number of para-hydroxylation sites is 1. The molecular weight excluding hydrogens is 275 g/mol. The monoisotopic (exact) mass is 294 g/mol. The van der Waals surface area contributed by atoms with Crippen LogP contribution in [-0.2, 0) is 9.31 Å². The van der Waals surface area contributed by atoms with Crippen LogP contribution in [0.25, 0.3) is 21.9 Å². The maximum Gasteiger partial charge on any atom is 0.494 e. The van der Waals surface area contributed by atoms with Gasteiger partial charge in [-0.05, 0) is 45.3 Å². The Morgan fingerprint density at radius 3 is 2.14 bits per heavy atom. The van der Waals surface area contributed by atoms with Crippen molar-refractivity contribution in [1.29, 1.82) is 0 Å². The van der Waals surface area contributed by atoms with E-state index in [9.17, 15) is 0 Å². The summed E-state index contributed by atoms with van der Waals surface area (Å²) in [5.41, 5.74) is 2.17. The summed E-state index contributed by atoms with van der Waals surface area (Å²) in [5, 5.41) is 2.22. The molecule has 1 aliphatic rings. The first-order chi connectivity index (χ1) is 10.4. The van der Waals surface area contributed by atoms with E-state index < -0.39 is 0 Å². The second-order valence-electron chi connectivity index (χ2n) is 6.94. The fraction of sp³-hybridized carbons (Fsp3) is 0.333. The van der Waals surface area contributed by atoms with Crippen molar-refractivity contribution in [3.8, 4) is 0 Å². The largest absolute Gasteiger partial charge is 0.494 e. The number of hydrogen-bond acceptors (Lipinski definition) is 3. The zero-order valence-corrected chi connectivity index (χ0v) is 13.3. The Hall–Kier alpha value is -1.78. The standard InChI is InChI=1S/C18H19BO3/c1-17(2)18(3,4)22-19(21-17)12-9-10-16-14(11-12)13-7-5-6-8-15(13)20-16/h5-11H,1-4H3. The van der Waals surface area contributed by atoms with Gasteiger partial charge >= 0.3 is 7.12 Å². The van der Waals surface area contributed by atoms with Crippen molar-refractivity contribution < 1.29 is 13.7 Å². The Balaban J connectivity index is 1.82. The number of rotatable bonds is 1. The molecule has 0 radical (unpaired) electrons. The van der Waals surface area contributed by atoms with E-state index in [0.717, 1.165) is 27.4 Å². The highest BCUT2D eigenvalue weighted by Crippen LogP contribution is 2.37. The molecule has 0 amide bonds. The molecule has 3 aromatic rings. The van der Waals surface area contributed by atoms with Crippen LogP contribution in [-0.4, -0.2) is 18.3 Å². The second-order valence-corrected chi connectivity index (χ2v) is 6.94. The summed E-state index contributed by atoms with van der Waals surface area (Å²) in [6, 6.07) is 14.2. The summed E-state index contributed by atoms with van der Waals surface area (Å²) in [5.74, 6) is 0. The molecule has 0 aliphatic carbocycles. The summed E-state index contributed by atoms with van der Waals surface area (Å²) in [6.07, 6.45) is 0. The maximum absolute atomic E-state index is 6.13. The van der Waals surface area contributed by atoms with Crippen LogP contribution in [0, 0.1) is 0 Å². The number of fused-ring (bicyclic) bond motifs is 3. The Labute approximate surface area is 130 Å². The zero-order valence-electron chi connectivity index (χ0n) is 13.3. The Kier molecular flexibility index (Phi) is 2.75. The molecule has 1 saturated heterocycles. The normalized spacial score (nSPS) is 20.1. The average molecular weight is 294 g/mol. The molecule has 1 fully saturated rings. The Morgan fingerprint density at radius 1 is 0.773 bits per heavy atom. The molecule has 1 aromatic heterocycles. The summed E-state index contributed by atoms with van der Waals surface area (Å²) < 4.78 is 18.1. The quantitative estimate of drug-likeness (QED) is 0.638. The van der Waals surface area contributed by atoms with Crippen LogP contribution in [0.1, 0.15) is 27.7 Å². The van der Waals surface area contributed by atoms with E-state index >= 15 is 0 Å². The Bertz CT molecular complexity index is 847. The van der Waals surface area contributed by atoms with Crippen LogP contribution < -0.4 is 5.46 Å². The molecular formula is C18H19BO3. The van der Waals surface area contributed by atoms with Gasteiger partial charge in [-0.25, -0.2) is 0 Å². The van der Waals surface area contributed by atoms with Gasteiger partial charge in [-0.2, -0.15) is 0 Å². The van der Waals surface area contributed by atoms with Gasteiger partial charge in [0.1, 0.15) is 11.2 Å². The van der Waals surface area contributed by atoms with Gasteiger partial charge in [0.2, 0.25) is 0 Å². The van der Waals surface area contributed by atoms with Crippen molar-refractivity contribution in [3.63, 3.8) is 0 Å². The van der Waals surface area contributed by atoms with Crippen LogP contribution >= 0.6 is 0 Å². The molecule has 1 aliphatic heterocycles. The van der Waals surface area contributed by atoms with Gasteiger partial charge < -0.3 is 13.7 Å². The van der Waals surface area contributed by atoms with E-state index in [1.807, 2.05) is 30.3 Å². The highest BCUT2D eigenvalue weighted by Gasteiger charge is 2.51. The number of benzene rings is 2. The molecule has 2 aromatic carbocycles. The van der Waals surface area contributed by atoms with Crippen molar-refractivity contribution in [1.82, 2.24) is 0 Å². The lowest BCUT2D eigenvalue weighted by molar-refractivity contribution is 0.00578. The molecule has 22 heavy (non-hydrogen) atoms. The molecule has 0 atom stereocenters. The molecule has 0 bridgehead atoms. The van der Waals surface area contributed by atoms with E-state index in [-0.39, 0.29) is 18.3 Å². The molecule has 2 heterocycles. The van der Waals surface area contributed by atoms with Gasteiger partial charge in [-0.3, -0.25) is 0 Å². The Morgan fingerprint density at radius 2 is 1.41 bits per heavy atom. The SMILES string of the molecule is CC1(C)OB(c2ccc3oc4ccccc4c3c2)OC1(C)C. The minimum Gasteiger partial charge on any atom is -0.456 e. The van der Waals surface area contributed by atoms with E-state index in [0.29, 0.717) is 0 Å². The fourth-order valence-electron chi connectivity index (χ4n) is 2.87. The van der Waals surface area contributed by atoms with E-state index in [4.69, 9.17) is 13.7 Å². The summed E-state index contributed by atoms with van der Waals surface area (Å²) in [7, 11) is -0.344. The smallest absolute Gasteiger partial charge is 0.456 e. The van der Waals surface area contributed by atoms with Crippen molar-refractivity contribution in [2.45, 2.75) is 38.9 Å².